The van der Waals surface area contributed by atoms with E-state index in [9.17, 15) is 18.0 Å². The highest BCUT2D eigenvalue weighted by atomic mass is 19.4. The van der Waals surface area contributed by atoms with E-state index in [1.165, 1.54) is 0 Å². The summed E-state index contributed by atoms with van der Waals surface area (Å²) in [5.41, 5.74) is 6.15. The van der Waals surface area contributed by atoms with Gasteiger partial charge < -0.3 is 5.11 Å². The Morgan fingerprint density at radius 1 is 1.44 bits per heavy atom. The van der Waals surface area contributed by atoms with E-state index >= 15 is 0 Å². The van der Waals surface area contributed by atoms with Crippen molar-refractivity contribution in [1.82, 2.24) is 0 Å². The summed E-state index contributed by atoms with van der Waals surface area (Å²) in [6.07, 6.45) is -4.64. The first-order valence-electron chi connectivity index (χ1n) is 3.86. The van der Waals surface area contributed by atoms with Crippen molar-refractivity contribution >= 4 is 5.91 Å². The number of benzene rings is 1. The van der Waals surface area contributed by atoms with Crippen molar-refractivity contribution in [1.29, 1.82) is 0 Å². The summed E-state index contributed by atoms with van der Waals surface area (Å²) >= 11 is 0. The highest BCUT2D eigenvalue weighted by Crippen LogP contribution is 2.32. The first-order valence-corrected chi connectivity index (χ1v) is 3.86. The lowest BCUT2D eigenvalue weighted by Gasteiger charge is -2.08. The van der Waals surface area contributed by atoms with Crippen LogP contribution in [0.25, 0.3) is 10.4 Å². The molecule has 0 saturated heterocycles. The topological polar surface area (TPSA) is 86.1 Å². The van der Waals surface area contributed by atoms with Gasteiger partial charge in [-0.05, 0) is 28.8 Å². The second kappa shape index (κ2) is 4.11. The minimum absolute atomic E-state index is 0.423. The number of carbonyl (C=O) groups excluding carboxylic acids is 1. The monoisotopic (exact) mass is 231 g/mol. The van der Waals surface area contributed by atoms with Crippen LogP contribution in [0.2, 0.25) is 0 Å². The molecule has 0 saturated carbocycles. The number of hydrogen-bond donors (Lipinski definition) is 1. The van der Waals surface area contributed by atoms with Gasteiger partial charge >= 0.3 is 6.18 Å². The van der Waals surface area contributed by atoms with Crippen molar-refractivity contribution in [3.8, 4) is 5.75 Å². The SMILES string of the molecule is [N-]=[N+]=NC(=O)c1cc(C(F)(F)F)ccc1O. The molecule has 0 aliphatic rings. The zero-order valence-electron chi connectivity index (χ0n) is 7.56. The van der Waals surface area contributed by atoms with Crippen LogP contribution in [0.15, 0.2) is 23.3 Å². The van der Waals surface area contributed by atoms with Crippen LogP contribution in [0.5, 0.6) is 5.75 Å². The molecule has 16 heavy (non-hydrogen) atoms. The number of nitrogens with zero attached hydrogens (tertiary/aromatic N) is 3. The summed E-state index contributed by atoms with van der Waals surface area (Å²) in [6.45, 7) is 0. The third-order valence-corrected chi connectivity index (χ3v) is 1.69. The molecule has 0 aliphatic heterocycles. The molecule has 8 heteroatoms. The first kappa shape index (κ1) is 11.9. The Morgan fingerprint density at radius 2 is 2.06 bits per heavy atom. The molecule has 0 atom stereocenters. The van der Waals surface area contributed by atoms with Crippen molar-refractivity contribution in [2.24, 2.45) is 5.11 Å². The Balaban J connectivity index is 3.29. The minimum Gasteiger partial charge on any atom is -0.507 e. The van der Waals surface area contributed by atoms with Crippen LogP contribution in [0, 0.1) is 0 Å². The van der Waals surface area contributed by atoms with Crippen LogP contribution in [0.3, 0.4) is 0 Å². The molecule has 1 rings (SSSR count). The number of carbonyl (C=O) groups is 1. The molecule has 0 aliphatic carbocycles. The van der Waals surface area contributed by atoms with E-state index in [0.29, 0.717) is 18.2 Å². The summed E-state index contributed by atoms with van der Waals surface area (Å²) in [5, 5.41) is 11.7. The quantitative estimate of drug-likeness (QED) is 0.457. The second-order valence-electron chi connectivity index (χ2n) is 2.72. The molecule has 0 unspecified atom stereocenters. The lowest BCUT2D eigenvalue weighted by atomic mass is 10.1. The summed E-state index contributed by atoms with van der Waals surface area (Å²) in [4.78, 5) is 13.1. The summed E-state index contributed by atoms with van der Waals surface area (Å²) in [7, 11) is 0. The van der Waals surface area contributed by atoms with Crippen LogP contribution in [0.4, 0.5) is 13.2 Å². The van der Waals surface area contributed by atoms with Gasteiger partial charge in [0.1, 0.15) is 5.75 Å². The van der Waals surface area contributed by atoms with E-state index in [0.717, 1.165) is 0 Å². The van der Waals surface area contributed by atoms with Gasteiger partial charge in [-0.1, -0.05) is 0 Å². The van der Waals surface area contributed by atoms with Gasteiger partial charge in [0.25, 0.3) is 5.91 Å². The Hall–Kier alpha value is -2.21. The summed E-state index contributed by atoms with van der Waals surface area (Å²) in [5.74, 6) is -1.95. The van der Waals surface area contributed by atoms with Gasteiger partial charge in [0.05, 0.1) is 11.1 Å². The summed E-state index contributed by atoms with van der Waals surface area (Å²) in [6, 6.07) is 1.75. The van der Waals surface area contributed by atoms with Crippen LogP contribution in [-0.4, -0.2) is 11.0 Å². The molecule has 1 amide bonds. The Labute approximate surface area is 86.7 Å². The highest BCUT2D eigenvalue weighted by Gasteiger charge is 2.31. The van der Waals surface area contributed by atoms with Crippen LogP contribution in [-0.2, 0) is 6.18 Å². The fraction of sp³-hybridized carbons (Fsp3) is 0.125. The number of halogens is 3. The molecule has 0 bridgehead atoms. The standard InChI is InChI=1S/C8H4F3N3O2/c9-8(10,11)4-1-2-6(15)5(3-4)7(16)13-14-12/h1-3,15H. The van der Waals surface area contributed by atoms with E-state index in [1.54, 1.807) is 0 Å². The predicted octanol–water partition coefficient (Wildman–Crippen LogP) is 2.86. The molecule has 0 radical (unpaired) electrons. The van der Waals surface area contributed by atoms with E-state index in [2.05, 4.69) is 10.0 Å². The number of aromatic hydroxyl groups is 1. The molecule has 84 valence electrons. The van der Waals surface area contributed by atoms with Gasteiger partial charge in [0.15, 0.2) is 0 Å². The lowest BCUT2D eigenvalue weighted by molar-refractivity contribution is -0.137. The molecule has 5 nitrogen and oxygen atoms in total. The summed E-state index contributed by atoms with van der Waals surface area (Å²) < 4.78 is 36.8. The van der Waals surface area contributed by atoms with Gasteiger partial charge in [0, 0.05) is 4.91 Å². The van der Waals surface area contributed by atoms with E-state index in [-0.39, 0.29) is 0 Å². The number of rotatable bonds is 1. The number of amides is 1. The largest absolute Gasteiger partial charge is 0.507 e. The van der Waals surface area contributed by atoms with Gasteiger partial charge in [-0.2, -0.15) is 13.2 Å². The molecule has 1 N–H and O–H groups in total. The number of phenolic OH excluding ortho intramolecular Hbond substituents is 1. The van der Waals surface area contributed by atoms with E-state index < -0.39 is 29.0 Å². The fourth-order valence-electron chi connectivity index (χ4n) is 0.978. The normalized spacial score (nSPS) is 10.7. The average Bonchev–Trinajstić information content (AvgIpc) is 2.16. The first-order chi connectivity index (χ1) is 7.36. The van der Waals surface area contributed by atoms with Crippen molar-refractivity contribution in [3.63, 3.8) is 0 Å². The van der Waals surface area contributed by atoms with Crippen molar-refractivity contribution in [2.45, 2.75) is 6.18 Å². The Morgan fingerprint density at radius 3 is 2.56 bits per heavy atom. The lowest BCUT2D eigenvalue weighted by Crippen LogP contribution is -2.06. The van der Waals surface area contributed by atoms with Crippen LogP contribution >= 0.6 is 0 Å². The zero-order chi connectivity index (χ0) is 12.3. The average molecular weight is 231 g/mol. The van der Waals surface area contributed by atoms with Crippen molar-refractivity contribution in [2.75, 3.05) is 0 Å². The maximum atomic E-state index is 12.3. The number of phenols is 1. The highest BCUT2D eigenvalue weighted by molar-refractivity contribution is 5.97. The van der Waals surface area contributed by atoms with Crippen LogP contribution < -0.4 is 0 Å². The predicted molar refractivity (Wildman–Crippen MR) is 46.6 cm³/mol. The number of hydrogen-bond acceptors (Lipinski definition) is 2. The Bertz CT molecular complexity index is 478. The molecule has 0 fully saturated rings. The minimum atomic E-state index is -4.64. The molecule has 1 aromatic carbocycles. The second-order valence-corrected chi connectivity index (χ2v) is 2.72. The fourth-order valence-corrected chi connectivity index (χ4v) is 0.978. The number of alkyl halides is 3. The van der Waals surface area contributed by atoms with E-state index in [4.69, 9.17) is 10.6 Å². The molecule has 1 aromatic rings. The van der Waals surface area contributed by atoms with E-state index in [1.807, 2.05) is 0 Å². The zero-order valence-corrected chi connectivity index (χ0v) is 7.56. The molecule has 0 spiro atoms. The van der Waals surface area contributed by atoms with Gasteiger partial charge in [0.2, 0.25) is 0 Å². The third-order valence-electron chi connectivity index (χ3n) is 1.69. The third kappa shape index (κ3) is 2.43. The maximum absolute atomic E-state index is 12.3. The van der Waals surface area contributed by atoms with Crippen molar-refractivity contribution < 1.29 is 23.1 Å². The van der Waals surface area contributed by atoms with Gasteiger partial charge in [-0.15, -0.1) is 0 Å². The van der Waals surface area contributed by atoms with Crippen LogP contribution in [0.1, 0.15) is 15.9 Å². The molecule has 0 heterocycles. The Kier molecular flexibility index (Phi) is 3.05. The smallest absolute Gasteiger partial charge is 0.416 e. The number of azide groups is 1. The molecular formula is C8H4F3N3O2. The van der Waals surface area contributed by atoms with Crippen molar-refractivity contribution in [3.05, 3.63) is 39.8 Å². The maximum Gasteiger partial charge on any atom is 0.416 e. The van der Waals surface area contributed by atoms with Gasteiger partial charge in [-0.25, -0.2) is 0 Å². The van der Waals surface area contributed by atoms with Gasteiger partial charge in [-0.3, -0.25) is 4.79 Å². The molecular weight excluding hydrogens is 227 g/mol. The molecule has 0 aromatic heterocycles.